The quantitative estimate of drug-likeness (QED) is 0.613. The third kappa shape index (κ3) is 5.38. The highest BCUT2D eigenvalue weighted by atomic mass is 79.9. The third-order valence-electron chi connectivity index (χ3n) is 2.35. The Labute approximate surface area is 154 Å². The van der Waals surface area contributed by atoms with Crippen molar-refractivity contribution in [1.29, 1.82) is 0 Å². The fourth-order valence-corrected chi connectivity index (χ4v) is 2.92. The fraction of sp³-hybridized carbons (Fsp3) is 0.273. The van der Waals surface area contributed by atoms with Crippen LogP contribution in [0.15, 0.2) is 23.1 Å². The van der Waals surface area contributed by atoms with Crippen molar-refractivity contribution in [2.24, 2.45) is 0 Å². The Morgan fingerprint density at radius 1 is 1.32 bits per heavy atom. The molecule has 1 aromatic carbocycles. The highest BCUT2D eigenvalue weighted by molar-refractivity contribution is 9.12. The van der Waals surface area contributed by atoms with Gasteiger partial charge in [-0.05, 0) is 18.2 Å². The number of amides is 3. The lowest BCUT2D eigenvalue weighted by Gasteiger charge is -2.11. The van der Waals surface area contributed by atoms with Gasteiger partial charge in [0, 0.05) is 5.33 Å². The zero-order chi connectivity index (χ0) is 16.9. The van der Waals surface area contributed by atoms with E-state index in [-0.39, 0.29) is 15.6 Å². The number of carbonyl (C=O) groups is 2. The lowest BCUT2D eigenvalue weighted by atomic mass is 10.3. The zero-order valence-corrected chi connectivity index (χ0v) is 16.3. The van der Waals surface area contributed by atoms with E-state index >= 15 is 0 Å². The van der Waals surface area contributed by atoms with Gasteiger partial charge >= 0.3 is 6.03 Å². The molecule has 0 aliphatic carbocycles. The molecule has 22 heavy (non-hydrogen) atoms. The first kappa shape index (κ1) is 19.7. The Hall–Kier alpha value is -0.350. The van der Waals surface area contributed by atoms with Gasteiger partial charge in [0.1, 0.15) is 10.0 Å². The van der Waals surface area contributed by atoms with Gasteiger partial charge < -0.3 is 5.32 Å². The van der Waals surface area contributed by atoms with Gasteiger partial charge in [0.2, 0.25) is 5.91 Å². The first-order valence-electron chi connectivity index (χ1n) is 5.61. The van der Waals surface area contributed by atoms with Crippen LogP contribution in [-0.4, -0.2) is 35.7 Å². The van der Waals surface area contributed by atoms with Crippen LogP contribution in [0, 0.1) is 0 Å². The monoisotopic (exact) mass is 494 g/mol. The standard InChI is InChI=1S/C11H10Br2Cl2N2O4S/c12-4-7(13)10(18)17-11(19)16-9-3-6(1-2-8(9)15)22(20,21)5-14/h1-3,7H,4-5H2,(H2,16,17,18,19). The fourth-order valence-electron chi connectivity index (χ4n) is 1.27. The van der Waals surface area contributed by atoms with Gasteiger partial charge in [0.25, 0.3) is 0 Å². The molecule has 0 radical (unpaired) electrons. The van der Waals surface area contributed by atoms with Gasteiger partial charge in [-0.1, -0.05) is 43.5 Å². The maximum Gasteiger partial charge on any atom is 0.325 e. The average Bonchev–Trinajstić information content (AvgIpc) is 2.48. The van der Waals surface area contributed by atoms with Crippen LogP contribution in [0.5, 0.6) is 0 Å². The van der Waals surface area contributed by atoms with E-state index in [0.29, 0.717) is 5.33 Å². The van der Waals surface area contributed by atoms with Crippen LogP contribution in [0.2, 0.25) is 5.02 Å². The molecule has 0 heterocycles. The number of rotatable bonds is 5. The molecule has 0 spiro atoms. The summed E-state index contributed by atoms with van der Waals surface area (Å²) < 4.78 is 23.4. The molecule has 1 atom stereocenters. The van der Waals surface area contributed by atoms with Crippen LogP contribution >= 0.6 is 55.1 Å². The number of hydrogen-bond donors (Lipinski definition) is 2. The molecule has 0 fully saturated rings. The largest absolute Gasteiger partial charge is 0.325 e. The molecule has 3 amide bonds. The summed E-state index contributed by atoms with van der Waals surface area (Å²) >= 11 is 17.4. The zero-order valence-electron chi connectivity index (χ0n) is 10.8. The molecular formula is C11H10Br2Cl2N2O4S. The predicted octanol–water partition coefficient (Wildman–Crippen LogP) is 3.12. The third-order valence-corrected chi connectivity index (χ3v) is 7.05. The van der Waals surface area contributed by atoms with Crippen LogP contribution in [0.4, 0.5) is 10.5 Å². The highest BCUT2D eigenvalue weighted by Crippen LogP contribution is 2.26. The number of hydrogen-bond acceptors (Lipinski definition) is 4. The summed E-state index contributed by atoms with van der Waals surface area (Å²) in [4.78, 5) is 22.6. The van der Waals surface area contributed by atoms with Crippen molar-refractivity contribution in [1.82, 2.24) is 5.32 Å². The molecule has 1 aromatic rings. The van der Waals surface area contributed by atoms with E-state index in [2.05, 4.69) is 42.5 Å². The van der Waals surface area contributed by atoms with Crippen LogP contribution in [0.3, 0.4) is 0 Å². The number of imide groups is 1. The average molecular weight is 497 g/mol. The Kier molecular flexibility index (Phi) is 7.60. The number of anilines is 1. The van der Waals surface area contributed by atoms with Crippen molar-refractivity contribution in [2.45, 2.75) is 9.72 Å². The summed E-state index contributed by atoms with van der Waals surface area (Å²) in [6.45, 7) is 0. The van der Waals surface area contributed by atoms with Gasteiger partial charge in [-0.15, -0.1) is 11.6 Å². The van der Waals surface area contributed by atoms with Gasteiger partial charge in [0.15, 0.2) is 9.84 Å². The maximum atomic E-state index is 11.7. The summed E-state index contributed by atoms with van der Waals surface area (Å²) in [7, 11) is -3.66. The van der Waals surface area contributed by atoms with Crippen molar-refractivity contribution < 1.29 is 18.0 Å². The Balaban J connectivity index is 2.92. The van der Waals surface area contributed by atoms with E-state index in [1.165, 1.54) is 18.2 Å². The van der Waals surface area contributed by atoms with E-state index in [0.717, 1.165) is 0 Å². The molecule has 11 heteroatoms. The summed E-state index contributed by atoms with van der Waals surface area (Å²) in [6, 6.07) is 2.91. The van der Waals surface area contributed by atoms with Crippen molar-refractivity contribution in [3.8, 4) is 0 Å². The minimum atomic E-state index is -3.66. The molecule has 122 valence electrons. The summed E-state index contributed by atoms with van der Waals surface area (Å²) in [5, 5.41) is 4.22. The van der Waals surface area contributed by atoms with E-state index < -0.39 is 31.8 Å². The Morgan fingerprint density at radius 3 is 2.50 bits per heavy atom. The molecule has 1 rings (SSSR count). The molecule has 0 aromatic heterocycles. The molecule has 6 nitrogen and oxygen atoms in total. The smallest absolute Gasteiger partial charge is 0.306 e. The number of benzene rings is 1. The number of halogens is 4. The van der Waals surface area contributed by atoms with E-state index in [1.54, 1.807) is 0 Å². The number of carbonyl (C=O) groups excluding carboxylic acids is 2. The summed E-state index contributed by atoms with van der Waals surface area (Å²) in [6.07, 6.45) is 0. The number of alkyl halides is 3. The molecule has 0 saturated heterocycles. The Morgan fingerprint density at radius 2 is 1.95 bits per heavy atom. The maximum absolute atomic E-state index is 11.7. The molecule has 0 bridgehead atoms. The van der Waals surface area contributed by atoms with Crippen LogP contribution in [0.25, 0.3) is 0 Å². The van der Waals surface area contributed by atoms with Gasteiger partial charge in [-0.25, -0.2) is 13.2 Å². The van der Waals surface area contributed by atoms with Crippen molar-refractivity contribution >= 4 is 82.5 Å². The summed E-state index contributed by atoms with van der Waals surface area (Å²) in [5.74, 6) is -0.560. The topological polar surface area (TPSA) is 92.3 Å². The molecule has 0 aliphatic rings. The molecule has 2 N–H and O–H groups in total. The molecule has 0 aliphatic heterocycles. The second-order valence-corrected chi connectivity index (χ2v) is 8.66. The van der Waals surface area contributed by atoms with Crippen molar-refractivity contribution in [3.63, 3.8) is 0 Å². The Bertz CT molecular complexity index is 685. The van der Waals surface area contributed by atoms with Crippen LogP contribution in [0.1, 0.15) is 0 Å². The van der Waals surface area contributed by atoms with E-state index in [9.17, 15) is 18.0 Å². The van der Waals surface area contributed by atoms with E-state index in [1.807, 2.05) is 0 Å². The number of nitrogens with one attached hydrogen (secondary N) is 2. The van der Waals surface area contributed by atoms with Crippen molar-refractivity contribution in [2.75, 3.05) is 15.9 Å². The molecular weight excluding hydrogens is 487 g/mol. The van der Waals surface area contributed by atoms with Gasteiger partial charge in [-0.3, -0.25) is 10.1 Å². The number of sulfone groups is 1. The lowest BCUT2D eigenvalue weighted by molar-refractivity contribution is -0.118. The number of urea groups is 1. The van der Waals surface area contributed by atoms with Gasteiger partial charge in [0.05, 0.1) is 15.6 Å². The highest BCUT2D eigenvalue weighted by Gasteiger charge is 2.18. The van der Waals surface area contributed by atoms with Crippen molar-refractivity contribution in [3.05, 3.63) is 23.2 Å². The minimum Gasteiger partial charge on any atom is -0.306 e. The first-order chi connectivity index (χ1) is 10.2. The SMILES string of the molecule is O=C(NC(=O)C(Br)CBr)Nc1cc(S(=O)(=O)CCl)ccc1Cl. The molecule has 1 unspecified atom stereocenters. The normalized spacial score (nSPS) is 12.5. The second-order valence-electron chi connectivity index (χ2n) is 3.93. The summed E-state index contributed by atoms with van der Waals surface area (Å²) in [5.41, 5.74) is 0.0446. The first-order valence-corrected chi connectivity index (χ1v) is 10.2. The minimum absolute atomic E-state index is 0.0446. The van der Waals surface area contributed by atoms with Crippen LogP contribution < -0.4 is 10.6 Å². The van der Waals surface area contributed by atoms with Gasteiger partial charge in [-0.2, -0.15) is 0 Å². The lowest BCUT2D eigenvalue weighted by Crippen LogP contribution is -2.39. The van der Waals surface area contributed by atoms with Crippen LogP contribution in [-0.2, 0) is 14.6 Å². The molecule has 0 saturated carbocycles. The predicted molar refractivity (Wildman–Crippen MR) is 93.0 cm³/mol. The van der Waals surface area contributed by atoms with E-state index in [4.69, 9.17) is 23.2 Å². The second kappa shape index (κ2) is 8.49.